The van der Waals surface area contributed by atoms with Crippen LogP contribution in [0.2, 0.25) is 0 Å². The van der Waals surface area contributed by atoms with E-state index in [1.807, 2.05) is 12.1 Å². The fraction of sp³-hybridized carbons (Fsp3) is 0.522. The molecule has 2 heterocycles. The lowest BCUT2D eigenvalue weighted by molar-refractivity contribution is 0.168. The van der Waals surface area contributed by atoms with E-state index in [9.17, 15) is 13.2 Å². The summed E-state index contributed by atoms with van der Waals surface area (Å²) in [6, 6.07) is 9.93. The number of fused-ring (bicyclic) bond motifs is 1. The molecule has 0 unspecified atom stereocenters. The summed E-state index contributed by atoms with van der Waals surface area (Å²) in [6.45, 7) is 2.74. The van der Waals surface area contributed by atoms with Crippen molar-refractivity contribution >= 4 is 10.0 Å². The quantitative estimate of drug-likeness (QED) is 0.651. The van der Waals surface area contributed by atoms with Gasteiger partial charge in [0.1, 0.15) is 12.0 Å². The van der Waals surface area contributed by atoms with Crippen LogP contribution in [0.1, 0.15) is 42.6 Å². The first kappa shape index (κ1) is 22.0. The second kappa shape index (κ2) is 9.14. The van der Waals surface area contributed by atoms with Crippen LogP contribution < -0.4 is 10.2 Å². The first-order valence-electron chi connectivity index (χ1n) is 10.8. The standard InChI is InChI=1S/C23H30N2O5S/c1-24(31(2,27)28)20-9-7-17(8-10-20)15-30-23-16-29-21(11-22(23)26)14-25-12-18-5-3-4-6-19(18)13-25/h3-6,11,16-17,20H,7-10,12-15H2,1-2H3. The van der Waals surface area contributed by atoms with Crippen molar-refractivity contribution in [2.75, 3.05) is 19.9 Å². The van der Waals surface area contributed by atoms with Gasteiger partial charge >= 0.3 is 0 Å². The van der Waals surface area contributed by atoms with Crippen LogP contribution in [-0.2, 0) is 29.7 Å². The van der Waals surface area contributed by atoms with Gasteiger partial charge in [-0.25, -0.2) is 12.7 Å². The predicted molar refractivity (Wildman–Crippen MR) is 118 cm³/mol. The van der Waals surface area contributed by atoms with Crippen LogP contribution in [0.15, 0.2) is 45.8 Å². The van der Waals surface area contributed by atoms with Gasteiger partial charge in [0.2, 0.25) is 21.2 Å². The van der Waals surface area contributed by atoms with Crippen molar-refractivity contribution in [2.24, 2.45) is 5.92 Å². The molecule has 0 saturated heterocycles. The molecule has 1 aromatic heterocycles. The highest BCUT2D eigenvalue weighted by molar-refractivity contribution is 7.88. The molecule has 2 aromatic rings. The Morgan fingerprint density at radius 2 is 1.77 bits per heavy atom. The molecule has 1 aliphatic heterocycles. The molecule has 31 heavy (non-hydrogen) atoms. The van der Waals surface area contributed by atoms with Gasteiger partial charge in [-0.15, -0.1) is 0 Å². The van der Waals surface area contributed by atoms with Crippen molar-refractivity contribution in [3.63, 3.8) is 0 Å². The van der Waals surface area contributed by atoms with E-state index in [4.69, 9.17) is 9.15 Å². The van der Waals surface area contributed by atoms with Crippen molar-refractivity contribution in [3.05, 3.63) is 63.7 Å². The number of rotatable bonds is 7. The molecule has 7 nitrogen and oxygen atoms in total. The van der Waals surface area contributed by atoms with Crippen LogP contribution in [0, 0.1) is 5.92 Å². The molecule has 168 valence electrons. The molecule has 0 amide bonds. The fourth-order valence-electron chi connectivity index (χ4n) is 4.52. The number of sulfonamides is 1. The fourth-order valence-corrected chi connectivity index (χ4v) is 5.27. The second-order valence-electron chi connectivity index (χ2n) is 8.75. The third-order valence-electron chi connectivity index (χ3n) is 6.47. The maximum atomic E-state index is 12.5. The molecule has 2 aliphatic rings. The Balaban J connectivity index is 1.27. The number of nitrogens with zero attached hydrogens (tertiary/aromatic N) is 2. The molecule has 0 bridgehead atoms. The third kappa shape index (κ3) is 5.37. The minimum atomic E-state index is -3.16. The van der Waals surface area contributed by atoms with Crippen molar-refractivity contribution < 1.29 is 17.6 Å². The van der Waals surface area contributed by atoms with E-state index in [0.717, 1.165) is 38.8 Å². The second-order valence-corrected chi connectivity index (χ2v) is 10.8. The average Bonchev–Trinajstić information content (AvgIpc) is 3.14. The minimum absolute atomic E-state index is 0.0485. The smallest absolute Gasteiger partial charge is 0.227 e. The lowest BCUT2D eigenvalue weighted by atomic mass is 9.86. The molecule has 1 aromatic carbocycles. The zero-order valence-electron chi connectivity index (χ0n) is 18.1. The molecule has 4 rings (SSSR count). The summed E-state index contributed by atoms with van der Waals surface area (Å²) in [5.74, 6) is 1.18. The van der Waals surface area contributed by atoms with Crippen molar-refractivity contribution in [1.29, 1.82) is 0 Å². The normalized spacial score (nSPS) is 21.9. The van der Waals surface area contributed by atoms with E-state index < -0.39 is 10.0 Å². The van der Waals surface area contributed by atoms with E-state index >= 15 is 0 Å². The van der Waals surface area contributed by atoms with Gasteiger partial charge in [-0.3, -0.25) is 9.69 Å². The van der Waals surface area contributed by atoms with E-state index in [1.54, 1.807) is 7.05 Å². The van der Waals surface area contributed by atoms with Crippen molar-refractivity contribution in [1.82, 2.24) is 9.21 Å². The molecule has 1 saturated carbocycles. The van der Waals surface area contributed by atoms with Gasteiger partial charge < -0.3 is 9.15 Å². The van der Waals surface area contributed by atoms with Crippen LogP contribution >= 0.6 is 0 Å². The Morgan fingerprint density at radius 1 is 1.13 bits per heavy atom. The van der Waals surface area contributed by atoms with E-state index in [1.165, 1.54) is 34.0 Å². The van der Waals surface area contributed by atoms with E-state index in [2.05, 4.69) is 17.0 Å². The first-order chi connectivity index (χ1) is 14.8. The van der Waals surface area contributed by atoms with Gasteiger partial charge in [-0.2, -0.15) is 0 Å². The third-order valence-corrected chi connectivity index (χ3v) is 7.81. The highest BCUT2D eigenvalue weighted by atomic mass is 32.2. The van der Waals surface area contributed by atoms with Crippen molar-refractivity contribution in [2.45, 2.75) is 51.4 Å². The lowest BCUT2D eigenvalue weighted by Gasteiger charge is -2.33. The average molecular weight is 447 g/mol. The molecule has 0 N–H and O–H groups in total. The minimum Gasteiger partial charge on any atom is -0.486 e. The monoisotopic (exact) mass is 446 g/mol. The van der Waals surface area contributed by atoms with Crippen LogP contribution in [0.4, 0.5) is 0 Å². The van der Waals surface area contributed by atoms with Gasteiger partial charge in [0, 0.05) is 32.2 Å². The van der Waals surface area contributed by atoms with Crippen LogP contribution in [0.5, 0.6) is 5.75 Å². The molecular formula is C23H30N2O5S. The summed E-state index contributed by atoms with van der Waals surface area (Å²) in [7, 11) is -1.52. The molecule has 0 radical (unpaired) electrons. The Hall–Kier alpha value is -2.16. The summed E-state index contributed by atoms with van der Waals surface area (Å²) in [5.41, 5.74) is 2.48. The van der Waals surface area contributed by atoms with E-state index in [0.29, 0.717) is 24.8 Å². The van der Waals surface area contributed by atoms with Crippen LogP contribution in [-0.4, -0.2) is 43.6 Å². The molecule has 8 heteroatoms. The highest BCUT2D eigenvalue weighted by Gasteiger charge is 2.28. The van der Waals surface area contributed by atoms with Gasteiger partial charge in [-0.1, -0.05) is 24.3 Å². The number of benzene rings is 1. The van der Waals surface area contributed by atoms with Gasteiger partial charge in [0.25, 0.3) is 0 Å². The molecule has 0 spiro atoms. The Kier molecular flexibility index (Phi) is 6.50. The maximum absolute atomic E-state index is 12.5. The Morgan fingerprint density at radius 3 is 2.35 bits per heavy atom. The zero-order valence-corrected chi connectivity index (χ0v) is 18.9. The van der Waals surface area contributed by atoms with Gasteiger partial charge in [0.15, 0.2) is 0 Å². The highest BCUT2D eigenvalue weighted by Crippen LogP contribution is 2.29. The zero-order chi connectivity index (χ0) is 22.0. The summed E-state index contributed by atoms with van der Waals surface area (Å²) in [4.78, 5) is 14.7. The van der Waals surface area contributed by atoms with Gasteiger partial charge in [0.05, 0.1) is 19.4 Å². The largest absolute Gasteiger partial charge is 0.486 e. The summed E-state index contributed by atoms with van der Waals surface area (Å²) in [5, 5.41) is 0. The molecule has 1 fully saturated rings. The summed E-state index contributed by atoms with van der Waals surface area (Å²) in [6.07, 6.45) is 6.04. The van der Waals surface area contributed by atoms with Crippen LogP contribution in [0.3, 0.4) is 0 Å². The summed E-state index contributed by atoms with van der Waals surface area (Å²) >= 11 is 0. The number of hydrogen-bond donors (Lipinski definition) is 0. The van der Waals surface area contributed by atoms with Crippen LogP contribution in [0.25, 0.3) is 0 Å². The first-order valence-corrected chi connectivity index (χ1v) is 12.6. The summed E-state index contributed by atoms with van der Waals surface area (Å²) < 4.78 is 36.3. The predicted octanol–water partition coefficient (Wildman–Crippen LogP) is 2.98. The number of hydrogen-bond acceptors (Lipinski definition) is 6. The SMILES string of the molecule is CN(C1CCC(COc2coc(CN3Cc4ccccc4C3)cc2=O)CC1)S(C)(=O)=O. The Labute approximate surface area is 183 Å². The molecular weight excluding hydrogens is 416 g/mol. The Bertz CT molecular complexity index is 1050. The number of ether oxygens (including phenoxy) is 1. The van der Waals surface area contributed by atoms with Crippen molar-refractivity contribution in [3.8, 4) is 5.75 Å². The lowest BCUT2D eigenvalue weighted by Crippen LogP contribution is -2.39. The molecule has 0 atom stereocenters. The maximum Gasteiger partial charge on any atom is 0.227 e. The van der Waals surface area contributed by atoms with E-state index in [-0.39, 0.29) is 17.2 Å². The topological polar surface area (TPSA) is 80.1 Å². The molecule has 1 aliphatic carbocycles. The van der Waals surface area contributed by atoms with Gasteiger partial charge in [-0.05, 0) is 42.7 Å².